The van der Waals surface area contributed by atoms with E-state index in [0.29, 0.717) is 6.54 Å². The molecule has 0 aliphatic carbocycles. The first-order valence-electron chi connectivity index (χ1n) is 7.28. The van der Waals surface area contributed by atoms with Gasteiger partial charge in [-0.15, -0.1) is 0 Å². The second-order valence-electron chi connectivity index (χ2n) is 5.54. The van der Waals surface area contributed by atoms with Crippen molar-refractivity contribution < 1.29 is 18.3 Å². The van der Waals surface area contributed by atoms with E-state index in [0.717, 1.165) is 17.7 Å². The average Bonchev–Trinajstić information content (AvgIpc) is 2.88. The predicted molar refractivity (Wildman–Crippen MR) is 79.9 cm³/mol. The lowest BCUT2D eigenvalue weighted by Crippen LogP contribution is -2.24. The number of carbonyl (C=O) groups excluding carboxylic acids is 1. The van der Waals surface area contributed by atoms with E-state index in [1.165, 1.54) is 7.11 Å². The quantitative estimate of drug-likeness (QED) is 0.870. The molecule has 6 heteroatoms. The zero-order valence-electron chi connectivity index (χ0n) is 12.6. The fourth-order valence-electron chi connectivity index (χ4n) is 2.90. The number of benzene rings is 1. The number of amides is 1. The fraction of sp³-hybridized carbons (Fsp3) is 0.294. The van der Waals surface area contributed by atoms with Crippen LogP contribution in [0.5, 0.6) is 5.75 Å². The van der Waals surface area contributed by atoms with E-state index in [2.05, 4.69) is 4.98 Å². The summed E-state index contributed by atoms with van der Waals surface area (Å²) in [7, 11) is 1.35. The molecule has 1 amide bonds. The molecular weight excluding hydrogens is 302 g/mol. The molecule has 0 spiro atoms. The summed E-state index contributed by atoms with van der Waals surface area (Å²) in [4.78, 5) is 17.8. The van der Waals surface area contributed by atoms with E-state index in [1.54, 1.807) is 23.4 Å². The highest BCUT2D eigenvalue weighted by atomic mass is 19.1. The highest BCUT2D eigenvalue weighted by Crippen LogP contribution is 2.34. The van der Waals surface area contributed by atoms with Crippen LogP contribution in [0.3, 0.4) is 0 Å². The fourth-order valence-corrected chi connectivity index (χ4v) is 2.90. The Morgan fingerprint density at radius 3 is 2.70 bits per heavy atom. The lowest BCUT2D eigenvalue weighted by molar-refractivity contribution is -0.128. The minimum atomic E-state index is -0.678. The van der Waals surface area contributed by atoms with Crippen LogP contribution < -0.4 is 4.74 Å². The summed E-state index contributed by atoms with van der Waals surface area (Å²) >= 11 is 0. The number of hydrogen-bond donors (Lipinski definition) is 0. The van der Waals surface area contributed by atoms with Crippen LogP contribution in [0, 0.1) is 11.6 Å². The van der Waals surface area contributed by atoms with Crippen molar-refractivity contribution in [1.82, 2.24) is 9.88 Å². The molecular formula is C17H16F2N2O2. The third kappa shape index (κ3) is 3.16. The molecule has 1 fully saturated rings. The van der Waals surface area contributed by atoms with Crippen molar-refractivity contribution in [2.75, 3.05) is 13.7 Å². The van der Waals surface area contributed by atoms with Gasteiger partial charge in [-0.05, 0) is 11.6 Å². The maximum absolute atomic E-state index is 14.2. The average molecular weight is 318 g/mol. The number of ether oxygens (including phenoxy) is 1. The van der Waals surface area contributed by atoms with E-state index in [-0.39, 0.29) is 30.2 Å². The summed E-state index contributed by atoms with van der Waals surface area (Å²) in [5, 5.41) is 0. The molecule has 3 rings (SSSR count). The predicted octanol–water partition coefficient (Wildman–Crippen LogP) is 2.88. The van der Waals surface area contributed by atoms with Crippen molar-refractivity contribution in [3.63, 3.8) is 0 Å². The van der Waals surface area contributed by atoms with Gasteiger partial charge in [-0.25, -0.2) is 8.78 Å². The third-order valence-corrected chi connectivity index (χ3v) is 4.01. The molecule has 2 aromatic rings. The Kier molecular flexibility index (Phi) is 4.23. The number of nitrogens with zero attached hydrogens (tertiary/aromatic N) is 2. The SMILES string of the molecule is COc1cc(F)c([C@H]2CC(=O)N(Cc3cccnc3)C2)c(F)c1. The summed E-state index contributed by atoms with van der Waals surface area (Å²) < 4.78 is 33.2. The maximum Gasteiger partial charge on any atom is 0.223 e. The zero-order valence-corrected chi connectivity index (χ0v) is 12.6. The van der Waals surface area contributed by atoms with Crippen LogP contribution in [0.1, 0.15) is 23.5 Å². The van der Waals surface area contributed by atoms with Crippen molar-refractivity contribution in [3.05, 3.63) is 59.4 Å². The number of carbonyl (C=O) groups is 1. The van der Waals surface area contributed by atoms with Crippen molar-refractivity contribution in [2.45, 2.75) is 18.9 Å². The third-order valence-electron chi connectivity index (χ3n) is 4.01. The first-order valence-corrected chi connectivity index (χ1v) is 7.28. The summed E-state index contributed by atoms with van der Waals surface area (Å²) in [6.07, 6.45) is 3.43. The van der Waals surface area contributed by atoms with Crippen molar-refractivity contribution in [3.8, 4) is 5.75 Å². The largest absolute Gasteiger partial charge is 0.497 e. The van der Waals surface area contributed by atoms with E-state index < -0.39 is 17.6 Å². The Balaban J connectivity index is 1.80. The highest BCUT2D eigenvalue weighted by molar-refractivity contribution is 5.79. The minimum Gasteiger partial charge on any atom is -0.497 e. The van der Waals surface area contributed by atoms with E-state index in [4.69, 9.17) is 4.74 Å². The molecule has 1 aliphatic heterocycles. The van der Waals surface area contributed by atoms with Gasteiger partial charge in [-0.1, -0.05) is 6.07 Å². The molecule has 0 saturated carbocycles. The van der Waals surface area contributed by atoms with Crippen molar-refractivity contribution in [1.29, 1.82) is 0 Å². The molecule has 1 atom stereocenters. The lowest BCUT2D eigenvalue weighted by atomic mass is 9.97. The Hall–Kier alpha value is -2.50. The van der Waals surface area contributed by atoms with Gasteiger partial charge in [0.25, 0.3) is 0 Å². The second kappa shape index (κ2) is 6.32. The molecule has 1 aliphatic rings. The van der Waals surface area contributed by atoms with Gasteiger partial charge in [0.1, 0.15) is 17.4 Å². The van der Waals surface area contributed by atoms with Gasteiger partial charge in [0.2, 0.25) is 5.91 Å². The summed E-state index contributed by atoms with van der Waals surface area (Å²) in [5.41, 5.74) is 0.838. The van der Waals surface area contributed by atoms with Crippen LogP contribution in [0.4, 0.5) is 8.78 Å². The van der Waals surface area contributed by atoms with Crippen LogP contribution >= 0.6 is 0 Å². The summed E-state index contributed by atoms with van der Waals surface area (Å²) in [6.45, 7) is 0.677. The standard InChI is InChI=1S/C17H16F2N2O2/c1-23-13-6-14(18)17(15(19)7-13)12-5-16(22)21(10-12)9-11-3-2-4-20-8-11/h2-4,6-8,12H,5,9-10H2,1H3/t12-/m0/s1. The molecule has 0 unspecified atom stereocenters. The van der Waals surface area contributed by atoms with Crippen LogP contribution in [-0.4, -0.2) is 29.4 Å². The van der Waals surface area contributed by atoms with E-state index >= 15 is 0 Å². The van der Waals surface area contributed by atoms with Gasteiger partial charge in [0.15, 0.2) is 0 Å². The number of rotatable bonds is 4. The lowest BCUT2D eigenvalue weighted by Gasteiger charge is -2.17. The number of methoxy groups -OCH3 is 1. The Bertz CT molecular complexity index is 699. The molecule has 0 N–H and O–H groups in total. The topological polar surface area (TPSA) is 42.4 Å². The van der Waals surface area contributed by atoms with Crippen LogP contribution in [0.15, 0.2) is 36.7 Å². The minimum absolute atomic E-state index is 0.0483. The van der Waals surface area contributed by atoms with Crippen molar-refractivity contribution in [2.24, 2.45) is 0 Å². The highest BCUT2D eigenvalue weighted by Gasteiger charge is 2.34. The molecule has 23 heavy (non-hydrogen) atoms. The number of aromatic nitrogens is 1. The van der Waals surface area contributed by atoms with Gasteiger partial charge in [-0.3, -0.25) is 9.78 Å². The van der Waals surface area contributed by atoms with E-state index in [1.807, 2.05) is 6.07 Å². The number of pyridine rings is 1. The van der Waals surface area contributed by atoms with Gasteiger partial charge >= 0.3 is 0 Å². The Morgan fingerprint density at radius 1 is 1.35 bits per heavy atom. The summed E-state index contributed by atoms with van der Waals surface area (Å²) in [6, 6.07) is 5.94. The zero-order chi connectivity index (χ0) is 16.4. The van der Waals surface area contributed by atoms with Gasteiger partial charge in [-0.2, -0.15) is 0 Å². The maximum atomic E-state index is 14.2. The molecule has 2 heterocycles. The van der Waals surface area contributed by atoms with Crippen molar-refractivity contribution >= 4 is 5.91 Å². The first-order chi connectivity index (χ1) is 11.1. The number of hydrogen-bond acceptors (Lipinski definition) is 3. The molecule has 0 radical (unpaired) electrons. The molecule has 4 nitrogen and oxygen atoms in total. The first kappa shape index (κ1) is 15.4. The second-order valence-corrected chi connectivity index (χ2v) is 5.54. The smallest absolute Gasteiger partial charge is 0.223 e. The molecule has 0 bridgehead atoms. The van der Waals surface area contributed by atoms with Gasteiger partial charge < -0.3 is 9.64 Å². The molecule has 1 aromatic carbocycles. The van der Waals surface area contributed by atoms with Gasteiger partial charge in [0, 0.05) is 55.5 Å². The number of halogens is 2. The number of likely N-dealkylation sites (tertiary alicyclic amines) is 1. The molecule has 120 valence electrons. The Morgan fingerprint density at radius 2 is 2.09 bits per heavy atom. The monoisotopic (exact) mass is 318 g/mol. The van der Waals surface area contributed by atoms with Crippen LogP contribution in [0.25, 0.3) is 0 Å². The normalized spacial score (nSPS) is 17.6. The van der Waals surface area contributed by atoms with E-state index in [9.17, 15) is 13.6 Å². The van der Waals surface area contributed by atoms with Crippen LogP contribution in [0.2, 0.25) is 0 Å². The molecule has 1 saturated heterocycles. The van der Waals surface area contributed by atoms with Crippen LogP contribution in [-0.2, 0) is 11.3 Å². The van der Waals surface area contributed by atoms with Gasteiger partial charge in [0.05, 0.1) is 7.11 Å². The molecule has 1 aromatic heterocycles. The Labute approximate surface area is 132 Å². The summed E-state index contributed by atoms with van der Waals surface area (Å²) in [5.74, 6) is -1.84.